The van der Waals surface area contributed by atoms with Crippen molar-refractivity contribution in [1.29, 1.82) is 0 Å². The second-order valence-electron chi connectivity index (χ2n) is 4.67. The summed E-state index contributed by atoms with van der Waals surface area (Å²) in [6, 6.07) is 13.0. The first-order valence-electron chi connectivity index (χ1n) is 6.23. The van der Waals surface area contributed by atoms with Crippen LogP contribution in [0.3, 0.4) is 0 Å². The molecule has 0 amide bonds. The first kappa shape index (κ1) is 9.67. The van der Waals surface area contributed by atoms with Gasteiger partial charge in [-0.15, -0.1) is 0 Å². The van der Waals surface area contributed by atoms with Crippen LogP contribution in [0.15, 0.2) is 48.6 Å². The second kappa shape index (κ2) is 3.58. The molecule has 2 aromatic rings. The van der Waals surface area contributed by atoms with E-state index in [9.17, 15) is 0 Å². The highest BCUT2D eigenvalue weighted by Crippen LogP contribution is 2.06. The Balaban J connectivity index is 2.34. The summed E-state index contributed by atoms with van der Waals surface area (Å²) in [4.78, 5) is 0. The number of hydrogen-bond acceptors (Lipinski definition) is 0. The summed E-state index contributed by atoms with van der Waals surface area (Å²) in [5, 5.41) is 5.33. The lowest BCUT2D eigenvalue weighted by Crippen LogP contribution is -2.11. The average Bonchev–Trinajstić information content (AvgIpc) is 3.06. The number of benzene rings is 2. The molecule has 0 nitrogen and oxygen atoms in total. The fourth-order valence-corrected chi connectivity index (χ4v) is 2.79. The summed E-state index contributed by atoms with van der Waals surface area (Å²) in [5.74, 6) is 0. The maximum atomic E-state index is 2.21. The largest absolute Gasteiger partial charge is 0.0610 e. The monoisotopic (exact) mass is 228 g/mol. The van der Waals surface area contributed by atoms with Gasteiger partial charge < -0.3 is 0 Å². The molecule has 0 N–H and O–H groups in total. The maximum absolute atomic E-state index is 2.21. The van der Waals surface area contributed by atoms with Crippen LogP contribution in [0.4, 0.5) is 0 Å². The zero-order valence-corrected chi connectivity index (χ0v) is 9.93. The molecule has 0 heterocycles. The molecule has 0 atom stereocenters. The molecule has 0 saturated heterocycles. The van der Waals surface area contributed by atoms with Gasteiger partial charge in [0.2, 0.25) is 0 Å². The van der Waals surface area contributed by atoms with Crippen LogP contribution >= 0.6 is 0 Å². The van der Waals surface area contributed by atoms with Crippen molar-refractivity contribution < 1.29 is 0 Å². The standard InChI is InChI=1S/C18H12/c1-5-13-7-3-11-17(15(13)9-1)18-12-4-8-14-6-2-10-16(14)18/h1-12H. The first-order valence-corrected chi connectivity index (χ1v) is 6.23. The zero-order chi connectivity index (χ0) is 11.9. The molecule has 0 aromatic heterocycles. The topological polar surface area (TPSA) is 0 Å². The number of rotatable bonds is 0. The van der Waals surface area contributed by atoms with Crippen molar-refractivity contribution in [2.75, 3.05) is 0 Å². The van der Waals surface area contributed by atoms with Crippen molar-refractivity contribution in [2.24, 2.45) is 0 Å². The van der Waals surface area contributed by atoms with Gasteiger partial charge in [0.15, 0.2) is 0 Å². The normalized spacial score (nSPS) is 16.0. The molecular weight excluding hydrogens is 216 g/mol. The third-order valence-corrected chi connectivity index (χ3v) is 3.65. The Kier molecular flexibility index (Phi) is 1.92. The fourth-order valence-electron chi connectivity index (χ4n) is 2.79. The summed E-state index contributed by atoms with van der Waals surface area (Å²) >= 11 is 0. The lowest BCUT2D eigenvalue weighted by Gasteiger charge is -1.97. The van der Waals surface area contributed by atoms with Crippen LogP contribution < -0.4 is 10.4 Å². The molecule has 2 aliphatic carbocycles. The number of allylic oxidation sites excluding steroid dienone is 2. The molecule has 0 unspecified atom stereocenters. The SMILES string of the molecule is C1=Cc2cccc(=c3cccc4c3=CC=C4)c2=C1. The maximum Gasteiger partial charge on any atom is -0.00992 e. The van der Waals surface area contributed by atoms with Gasteiger partial charge in [-0.05, 0) is 32.0 Å². The van der Waals surface area contributed by atoms with E-state index >= 15 is 0 Å². The highest BCUT2D eigenvalue weighted by atomic mass is 14.0. The van der Waals surface area contributed by atoms with E-state index in [2.05, 4.69) is 72.9 Å². The summed E-state index contributed by atoms with van der Waals surface area (Å²) in [5.41, 5.74) is 2.63. The fraction of sp³-hybridized carbons (Fsp3) is 0. The molecule has 4 rings (SSSR count). The van der Waals surface area contributed by atoms with Crippen LogP contribution in [0.1, 0.15) is 11.1 Å². The van der Waals surface area contributed by atoms with Gasteiger partial charge in [-0.25, -0.2) is 0 Å². The van der Waals surface area contributed by atoms with Crippen LogP contribution in [-0.2, 0) is 0 Å². The second-order valence-corrected chi connectivity index (χ2v) is 4.67. The lowest BCUT2D eigenvalue weighted by atomic mass is 10.1. The molecule has 0 bridgehead atoms. The Morgan fingerprint density at radius 3 is 1.56 bits per heavy atom. The zero-order valence-electron chi connectivity index (χ0n) is 9.93. The van der Waals surface area contributed by atoms with Gasteiger partial charge in [0.1, 0.15) is 0 Å². The highest BCUT2D eigenvalue weighted by Gasteiger charge is 2.01. The molecular formula is C18H12. The van der Waals surface area contributed by atoms with E-state index in [0.717, 1.165) is 0 Å². The van der Waals surface area contributed by atoms with Crippen LogP contribution in [-0.4, -0.2) is 0 Å². The molecule has 0 saturated carbocycles. The van der Waals surface area contributed by atoms with Gasteiger partial charge in [0, 0.05) is 0 Å². The molecule has 0 heteroatoms. The van der Waals surface area contributed by atoms with Crippen LogP contribution in [0.25, 0.3) is 24.3 Å². The molecule has 0 spiro atoms. The van der Waals surface area contributed by atoms with Crippen molar-refractivity contribution in [3.05, 3.63) is 80.6 Å². The smallest absolute Gasteiger partial charge is 0.00992 e. The first-order chi connectivity index (χ1) is 8.93. The summed E-state index contributed by atoms with van der Waals surface area (Å²) < 4.78 is 0. The summed E-state index contributed by atoms with van der Waals surface area (Å²) in [6.45, 7) is 0. The van der Waals surface area contributed by atoms with Gasteiger partial charge >= 0.3 is 0 Å². The number of hydrogen-bond donors (Lipinski definition) is 0. The minimum absolute atomic E-state index is 1.32. The van der Waals surface area contributed by atoms with E-state index in [-0.39, 0.29) is 0 Å². The quantitative estimate of drug-likeness (QED) is 0.650. The van der Waals surface area contributed by atoms with Crippen LogP contribution in [0.5, 0.6) is 0 Å². The van der Waals surface area contributed by atoms with Crippen molar-refractivity contribution >= 4 is 24.3 Å². The number of fused-ring (bicyclic) bond motifs is 2. The van der Waals surface area contributed by atoms with E-state index in [1.54, 1.807) is 0 Å². The Morgan fingerprint density at radius 2 is 1.06 bits per heavy atom. The van der Waals surface area contributed by atoms with E-state index in [1.807, 2.05) is 0 Å². The Hall–Kier alpha value is -2.34. The Bertz CT molecular complexity index is 832. The van der Waals surface area contributed by atoms with Gasteiger partial charge in [-0.3, -0.25) is 0 Å². The molecule has 2 aliphatic rings. The highest BCUT2D eigenvalue weighted by molar-refractivity contribution is 5.68. The molecule has 0 radical (unpaired) electrons. The summed E-state index contributed by atoms with van der Waals surface area (Å²) in [7, 11) is 0. The molecule has 18 heavy (non-hydrogen) atoms. The third kappa shape index (κ3) is 1.26. The third-order valence-electron chi connectivity index (χ3n) is 3.65. The van der Waals surface area contributed by atoms with Gasteiger partial charge in [0.05, 0.1) is 0 Å². The van der Waals surface area contributed by atoms with E-state index in [0.29, 0.717) is 0 Å². The Labute approximate surface area is 105 Å². The predicted octanol–water partition coefficient (Wildman–Crippen LogP) is 2.59. The molecule has 2 aromatic carbocycles. The Morgan fingerprint density at radius 1 is 0.556 bits per heavy atom. The van der Waals surface area contributed by atoms with Crippen molar-refractivity contribution in [1.82, 2.24) is 0 Å². The predicted molar refractivity (Wildman–Crippen MR) is 76.8 cm³/mol. The van der Waals surface area contributed by atoms with E-state index < -0.39 is 0 Å². The minimum Gasteiger partial charge on any atom is -0.0610 e. The molecule has 84 valence electrons. The van der Waals surface area contributed by atoms with E-state index in [1.165, 1.54) is 32.0 Å². The van der Waals surface area contributed by atoms with Gasteiger partial charge in [-0.1, -0.05) is 72.9 Å². The summed E-state index contributed by atoms with van der Waals surface area (Å²) in [6.07, 6.45) is 13.0. The van der Waals surface area contributed by atoms with Crippen molar-refractivity contribution in [2.45, 2.75) is 0 Å². The lowest BCUT2D eigenvalue weighted by molar-refractivity contribution is 1.39. The van der Waals surface area contributed by atoms with Gasteiger partial charge in [-0.2, -0.15) is 0 Å². The van der Waals surface area contributed by atoms with Crippen LogP contribution in [0.2, 0.25) is 0 Å². The van der Waals surface area contributed by atoms with Crippen LogP contribution in [0, 0.1) is 10.4 Å². The van der Waals surface area contributed by atoms with Crippen molar-refractivity contribution in [3.63, 3.8) is 0 Å². The minimum atomic E-state index is 1.32. The molecule has 0 fully saturated rings. The van der Waals surface area contributed by atoms with E-state index in [4.69, 9.17) is 0 Å². The molecule has 0 aliphatic heterocycles. The van der Waals surface area contributed by atoms with Gasteiger partial charge in [0.25, 0.3) is 0 Å². The average molecular weight is 228 g/mol. The van der Waals surface area contributed by atoms with Crippen molar-refractivity contribution in [3.8, 4) is 0 Å².